The number of rotatable bonds is 8. The third kappa shape index (κ3) is 5.03. The van der Waals surface area contributed by atoms with Crippen molar-refractivity contribution in [2.75, 3.05) is 0 Å². The number of hydrogen-bond acceptors (Lipinski definition) is 2. The molecule has 1 atom stereocenters. The van der Waals surface area contributed by atoms with Gasteiger partial charge in [0.05, 0.1) is 0 Å². The lowest BCUT2D eigenvalue weighted by Gasteiger charge is -2.26. The molecule has 0 saturated heterocycles. The van der Waals surface area contributed by atoms with Gasteiger partial charge in [-0.2, -0.15) is 0 Å². The van der Waals surface area contributed by atoms with Gasteiger partial charge in [-0.3, -0.25) is 4.79 Å². The van der Waals surface area contributed by atoms with Crippen LogP contribution in [0.1, 0.15) is 45.1 Å². The summed E-state index contributed by atoms with van der Waals surface area (Å²) in [4.78, 5) is 24.9. The summed E-state index contributed by atoms with van der Waals surface area (Å²) < 4.78 is 0. The van der Waals surface area contributed by atoms with Gasteiger partial charge in [0.2, 0.25) is 5.91 Å². The van der Waals surface area contributed by atoms with Gasteiger partial charge < -0.3 is 10.0 Å². The Labute approximate surface area is 120 Å². The Morgan fingerprint density at radius 3 is 2.40 bits per heavy atom. The first-order valence-corrected chi connectivity index (χ1v) is 7.12. The maximum atomic E-state index is 12.2. The molecule has 1 aromatic carbocycles. The number of carboxylic acid groups (broad SMARTS) is 1. The summed E-state index contributed by atoms with van der Waals surface area (Å²) in [5.41, 5.74) is 0.949. The predicted molar refractivity (Wildman–Crippen MR) is 78.2 cm³/mol. The number of hydrogen-bond donors (Lipinski definition) is 1. The highest BCUT2D eigenvalue weighted by Gasteiger charge is 2.25. The Bertz CT molecular complexity index is 431. The number of benzene rings is 1. The summed E-state index contributed by atoms with van der Waals surface area (Å²) in [7, 11) is 0. The lowest BCUT2D eigenvalue weighted by atomic mass is 10.1. The number of carboxylic acids is 1. The lowest BCUT2D eigenvalue weighted by molar-refractivity contribution is -0.150. The highest BCUT2D eigenvalue weighted by atomic mass is 16.4. The molecule has 20 heavy (non-hydrogen) atoms. The molecule has 1 N–H and O–H groups in total. The second kappa shape index (κ2) is 8.35. The topological polar surface area (TPSA) is 57.6 Å². The first kappa shape index (κ1) is 16.2. The van der Waals surface area contributed by atoms with Crippen molar-refractivity contribution in [3.8, 4) is 0 Å². The predicted octanol–water partition coefficient (Wildman–Crippen LogP) is 3.07. The summed E-state index contributed by atoms with van der Waals surface area (Å²) in [5, 5.41) is 9.16. The van der Waals surface area contributed by atoms with Crippen LogP contribution in [0.15, 0.2) is 30.3 Å². The van der Waals surface area contributed by atoms with Crippen LogP contribution in [0.3, 0.4) is 0 Å². The largest absolute Gasteiger partial charge is 0.480 e. The van der Waals surface area contributed by atoms with E-state index >= 15 is 0 Å². The molecule has 4 nitrogen and oxygen atoms in total. The van der Waals surface area contributed by atoms with Crippen molar-refractivity contribution >= 4 is 11.9 Å². The third-order valence-electron chi connectivity index (χ3n) is 3.34. The molecule has 0 aromatic heterocycles. The molecular formula is C16H23NO3. The van der Waals surface area contributed by atoms with Crippen LogP contribution in [-0.4, -0.2) is 27.9 Å². The molecule has 0 fully saturated rings. The third-order valence-corrected chi connectivity index (χ3v) is 3.34. The van der Waals surface area contributed by atoms with Gasteiger partial charge in [0, 0.05) is 13.0 Å². The Morgan fingerprint density at radius 2 is 1.85 bits per heavy atom. The minimum Gasteiger partial charge on any atom is -0.480 e. The summed E-state index contributed by atoms with van der Waals surface area (Å²) in [6, 6.07) is 8.68. The number of aliphatic carboxylic acids is 1. The fourth-order valence-corrected chi connectivity index (χ4v) is 2.02. The van der Waals surface area contributed by atoms with Crippen molar-refractivity contribution < 1.29 is 14.7 Å². The lowest BCUT2D eigenvalue weighted by Crippen LogP contribution is -2.42. The van der Waals surface area contributed by atoms with E-state index in [-0.39, 0.29) is 5.91 Å². The highest BCUT2D eigenvalue weighted by Crippen LogP contribution is 2.12. The first-order chi connectivity index (χ1) is 9.56. The molecule has 0 aliphatic heterocycles. The highest BCUT2D eigenvalue weighted by molar-refractivity contribution is 5.83. The fourth-order valence-electron chi connectivity index (χ4n) is 2.02. The van der Waals surface area contributed by atoms with Crippen molar-refractivity contribution in [1.29, 1.82) is 0 Å². The van der Waals surface area contributed by atoms with E-state index in [0.29, 0.717) is 13.0 Å². The molecule has 0 saturated carbocycles. The van der Waals surface area contributed by atoms with Crippen molar-refractivity contribution in [2.45, 2.75) is 52.1 Å². The second-order valence-electron chi connectivity index (χ2n) is 4.98. The monoisotopic (exact) mass is 277 g/mol. The van der Waals surface area contributed by atoms with E-state index in [0.717, 1.165) is 24.8 Å². The van der Waals surface area contributed by atoms with Gasteiger partial charge in [0.15, 0.2) is 0 Å². The molecule has 0 spiro atoms. The second-order valence-corrected chi connectivity index (χ2v) is 4.98. The number of amides is 1. The van der Waals surface area contributed by atoms with Gasteiger partial charge in [-0.15, -0.1) is 0 Å². The van der Waals surface area contributed by atoms with Crippen molar-refractivity contribution in [2.24, 2.45) is 0 Å². The fraction of sp³-hybridized carbons (Fsp3) is 0.500. The number of unbranched alkanes of at least 4 members (excludes halogenated alkanes) is 2. The molecule has 1 amide bonds. The van der Waals surface area contributed by atoms with E-state index in [1.54, 1.807) is 6.92 Å². The Kier molecular flexibility index (Phi) is 6.77. The van der Waals surface area contributed by atoms with Gasteiger partial charge in [-0.25, -0.2) is 4.79 Å². The normalized spacial score (nSPS) is 11.9. The van der Waals surface area contributed by atoms with Crippen molar-refractivity contribution in [3.63, 3.8) is 0 Å². The van der Waals surface area contributed by atoms with Crippen molar-refractivity contribution in [3.05, 3.63) is 35.9 Å². The zero-order valence-electron chi connectivity index (χ0n) is 12.2. The van der Waals surface area contributed by atoms with Gasteiger partial charge in [0.25, 0.3) is 0 Å². The van der Waals surface area contributed by atoms with Gasteiger partial charge in [-0.1, -0.05) is 50.1 Å². The van der Waals surface area contributed by atoms with Gasteiger partial charge in [0.1, 0.15) is 6.04 Å². The molecule has 0 aliphatic carbocycles. The number of carbonyl (C=O) groups is 2. The van der Waals surface area contributed by atoms with E-state index < -0.39 is 12.0 Å². The molecule has 1 rings (SSSR count). The molecule has 0 bridgehead atoms. The van der Waals surface area contributed by atoms with E-state index in [9.17, 15) is 9.59 Å². The Hall–Kier alpha value is -1.84. The van der Waals surface area contributed by atoms with Crippen LogP contribution in [0.4, 0.5) is 0 Å². The quantitative estimate of drug-likeness (QED) is 0.743. The molecule has 0 radical (unpaired) electrons. The average molecular weight is 277 g/mol. The van der Waals surface area contributed by atoms with Crippen LogP contribution in [0, 0.1) is 0 Å². The first-order valence-electron chi connectivity index (χ1n) is 7.12. The molecule has 110 valence electrons. The molecule has 1 aromatic rings. The maximum absolute atomic E-state index is 12.2. The van der Waals surface area contributed by atoms with E-state index in [4.69, 9.17) is 5.11 Å². The Balaban J connectivity index is 2.74. The zero-order valence-corrected chi connectivity index (χ0v) is 12.2. The van der Waals surface area contributed by atoms with E-state index in [2.05, 4.69) is 6.92 Å². The minimum absolute atomic E-state index is 0.0859. The summed E-state index contributed by atoms with van der Waals surface area (Å²) in [6.45, 7) is 3.98. The summed E-state index contributed by atoms with van der Waals surface area (Å²) in [5.74, 6) is -1.05. The molecule has 4 heteroatoms. The standard InChI is InChI=1S/C16H23NO3/c1-3-4-6-11-15(18)17(13(2)16(19)20)12-14-9-7-5-8-10-14/h5,7-10,13H,3-4,6,11-12H2,1-2H3,(H,19,20). The number of carbonyl (C=O) groups excluding carboxylic acids is 1. The van der Waals surface area contributed by atoms with Gasteiger partial charge in [-0.05, 0) is 18.9 Å². The smallest absolute Gasteiger partial charge is 0.326 e. The average Bonchev–Trinajstić information content (AvgIpc) is 2.45. The van der Waals surface area contributed by atoms with E-state index in [1.165, 1.54) is 4.90 Å². The molecule has 0 aliphatic rings. The van der Waals surface area contributed by atoms with Crippen LogP contribution in [0.5, 0.6) is 0 Å². The van der Waals surface area contributed by atoms with Crippen LogP contribution in [-0.2, 0) is 16.1 Å². The van der Waals surface area contributed by atoms with Crippen LogP contribution in [0.25, 0.3) is 0 Å². The SMILES string of the molecule is CCCCCC(=O)N(Cc1ccccc1)C(C)C(=O)O. The molecule has 0 heterocycles. The van der Waals surface area contributed by atoms with E-state index in [1.807, 2.05) is 30.3 Å². The summed E-state index contributed by atoms with van der Waals surface area (Å²) >= 11 is 0. The molecule has 1 unspecified atom stereocenters. The maximum Gasteiger partial charge on any atom is 0.326 e. The van der Waals surface area contributed by atoms with Crippen molar-refractivity contribution in [1.82, 2.24) is 4.90 Å². The van der Waals surface area contributed by atoms with Crippen LogP contribution < -0.4 is 0 Å². The minimum atomic E-state index is -0.968. The zero-order chi connectivity index (χ0) is 15.0. The van der Waals surface area contributed by atoms with Crippen LogP contribution >= 0.6 is 0 Å². The number of nitrogens with zero attached hydrogens (tertiary/aromatic N) is 1. The van der Waals surface area contributed by atoms with Crippen LogP contribution in [0.2, 0.25) is 0 Å². The summed E-state index contributed by atoms with van der Waals surface area (Å²) in [6.07, 6.45) is 3.26. The van der Waals surface area contributed by atoms with Gasteiger partial charge >= 0.3 is 5.97 Å². The Morgan fingerprint density at radius 1 is 1.20 bits per heavy atom. The molecular weight excluding hydrogens is 254 g/mol.